The quantitative estimate of drug-likeness (QED) is 0.743. The molecule has 1 aromatic carbocycles. The number of carbonyl (C=O) groups is 1. The Morgan fingerprint density at radius 1 is 1.30 bits per heavy atom. The van der Waals surface area contributed by atoms with Gasteiger partial charge in [-0.2, -0.15) is 8.75 Å². The van der Waals surface area contributed by atoms with E-state index in [9.17, 15) is 4.79 Å². The third kappa shape index (κ3) is 2.30. The predicted molar refractivity (Wildman–Crippen MR) is 76.7 cm³/mol. The van der Waals surface area contributed by atoms with Gasteiger partial charge in [0.15, 0.2) is 5.76 Å². The van der Waals surface area contributed by atoms with Crippen LogP contribution in [-0.4, -0.2) is 26.6 Å². The lowest BCUT2D eigenvalue weighted by Gasteiger charge is -2.16. The summed E-state index contributed by atoms with van der Waals surface area (Å²) in [6, 6.07) is 7.62. The van der Waals surface area contributed by atoms with Gasteiger partial charge >= 0.3 is 0 Å². The fourth-order valence-corrected chi connectivity index (χ4v) is 2.55. The van der Waals surface area contributed by atoms with Crippen LogP contribution in [0.15, 0.2) is 34.9 Å². The van der Waals surface area contributed by atoms with Gasteiger partial charge in [-0.3, -0.25) is 4.79 Å². The summed E-state index contributed by atoms with van der Waals surface area (Å²) >= 11 is 1.19. The van der Waals surface area contributed by atoms with Gasteiger partial charge in [-0.1, -0.05) is 6.07 Å². The van der Waals surface area contributed by atoms with Crippen molar-refractivity contribution in [1.82, 2.24) is 13.6 Å². The molecule has 0 saturated heterocycles. The van der Waals surface area contributed by atoms with Crippen LogP contribution >= 0.6 is 11.7 Å². The molecule has 1 amide bonds. The summed E-state index contributed by atoms with van der Waals surface area (Å²) in [4.78, 5) is 13.9. The minimum atomic E-state index is -0.121. The molecular weight excluding hydrogens is 274 g/mol. The molecule has 6 heteroatoms. The fourth-order valence-electron chi connectivity index (χ4n) is 2.04. The molecule has 0 atom stereocenters. The molecule has 0 radical (unpaired) electrons. The summed E-state index contributed by atoms with van der Waals surface area (Å²) in [6.07, 6.45) is 1.53. The van der Waals surface area contributed by atoms with Crippen LogP contribution < -0.4 is 0 Å². The number of carbonyl (C=O) groups excluding carboxylic acids is 1. The number of furan rings is 1. The molecule has 3 rings (SSSR count). The molecule has 102 valence electrons. The average Bonchev–Trinajstić information content (AvgIpc) is 3.05. The molecular formula is C14H13N3O2S. The minimum Gasteiger partial charge on any atom is -0.459 e. The zero-order valence-corrected chi connectivity index (χ0v) is 12.0. The summed E-state index contributed by atoms with van der Waals surface area (Å²) in [6.45, 7) is 2.37. The van der Waals surface area contributed by atoms with E-state index < -0.39 is 0 Å². The number of benzene rings is 1. The maximum atomic E-state index is 12.3. The van der Waals surface area contributed by atoms with Gasteiger partial charge in [0.1, 0.15) is 11.0 Å². The first-order valence-corrected chi connectivity index (χ1v) is 6.89. The number of hydrogen-bond acceptors (Lipinski definition) is 5. The highest BCUT2D eigenvalue weighted by Gasteiger charge is 2.17. The standard InChI is InChI=1S/C14H13N3O2S/c1-9-5-6-19-13(9)14(18)17(2)8-10-3-4-11-12(7-10)16-20-15-11/h3-7H,8H2,1-2H3. The second-order valence-corrected chi connectivity index (χ2v) is 5.21. The Morgan fingerprint density at radius 2 is 2.10 bits per heavy atom. The Bertz CT molecular complexity index is 762. The molecule has 0 aliphatic rings. The largest absolute Gasteiger partial charge is 0.459 e. The highest BCUT2D eigenvalue weighted by molar-refractivity contribution is 7.00. The predicted octanol–water partition coefficient (Wildman–Crippen LogP) is 2.86. The molecule has 0 aliphatic heterocycles. The maximum absolute atomic E-state index is 12.3. The molecule has 0 N–H and O–H groups in total. The minimum absolute atomic E-state index is 0.121. The normalized spacial score (nSPS) is 10.9. The molecule has 20 heavy (non-hydrogen) atoms. The Labute approximate surface area is 120 Å². The number of fused-ring (bicyclic) bond motifs is 1. The molecule has 0 bridgehead atoms. The van der Waals surface area contributed by atoms with E-state index in [-0.39, 0.29) is 5.91 Å². The van der Waals surface area contributed by atoms with Crippen molar-refractivity contribution in [1.29, 1.82) is 0 Å². The van der Waals surface area contributed by atoms with E-state index in [2.05, 4.69) is 8.75 Å². The summed E-state index contributed by atoms with van der Waals surface area (Å²) in [5.41, 5.74) is 3.61. The third-order valence-corrected chi connectivity index (χ3v) is 3.70. The molecule has 3 aromatic rings. The first kappa shape index (κ1) is 12.8. The zero-order chi connectivity index (χ0) is 14.1. The number of aromatic nitrogens is 2. The van der Waals surface area contributed by atoms with E-state index in [4.69, 9.17) is 4.42 Å². The molecule has 5 nitrogen and oxygen atoms in total. The number of nitrogens with zero attached hydrogens (tertiary/aromatic N) is 3. The smallest absolute Gasteiger partial charge is 0.289 e. The van der Waals surface area contributed by atoms with Crippen LogP contribution in [0.25, 0.3) is 11.0 Å². The van der Waals surface area contributed by atoms with Gasteiger partial charge < -0.3 is 9.32 Å². The molecule has 0 unspecified atom stereocenters. The van der Waals surface area contributed by atoms with Crippen molar-refractivity contribution in [3.8, 4) is 0 Å². The average molecular weight is 287 g/mol. The second-order valence-electron chi connectivity index (χ2n) is 4.68. The Kier molecular flexibility index (Phi) is 3.23. The van der Waals surface area contributed by atoms with Crippen molar-refractivity contribution in [2.45, 2.75) is 13.5 Å². The van der Waals surface area contributed by atoms with Crippen LogP contribution in [0.3, 0.4) is 0 Å². The van der Waals surface area contributed by atoms with E-state index in [1.807, 2.05) is 25.1 Å². The summed E-state index contributed by atoms with van der Waals surface area (Å²) in [5, 5.41) is 0. The Hall–Kier alpha value is -2.21. The maximum Gasteiger partial charge on any atom is 0.289 e. The van der Waals surface area contributed by atoms with Gasteiger partial charge in [0.05, 0.1) is 18.0 Å². The summed E-state index contributed by atoms with van der Waals surface area (Å²) in [5.74, 6) is 0.271. The SMILES string of the molecule is Cc1ccoc1C(=O)N(C)Cc1ccc2nsnc2c1. The summed E-state index contributed by atoms with van der Waals surface area (Å²) in [7, 11) is 1.76. The monoisotopic (exact) mass is 287 g/mol. The van der Waals surface area contributed by atoms with Gasteiger partial charge in [0, 0.05) is 19.2 Å². The highest BCUT2D eigenvalue weighted by Crippen LogP contribution is 2.17. The van der Waals surface area contributed by atoms with Crippen molar-refractivity contribution in [2.75, 3.05) is 7.05 Å². The topological polar surface area (TPSA) is 59.2 Å². The molecule has 2 aromatic heterocycles. The molecule has 0 fully saturated rings. The third-order valence-electron chi connectivity index (χ3n) is 3.14. The van der Waals surface area contributed by atoms with Crippen molar-refractivity contribution in [3.63, 3.8) is 0 Å². The van der Waals surface area contributed by atoms with Gasteiger partial charge in [0.2, 0.25) is 0 Å². The number of aryl methyl sites for hydroxylation is 1. The lowest BCUT2D eigenvalue weighted by molar-refractivity contribution is 0.0752. The zero-order valence-electron chi connectivity index (χ0n) is 11.2. The van der Waals surface area contributed by atoms with E-state index in [0.29, 0.717) is 12.3 Å². The lowest BCUT2D eigenvalue weighted by Crippen LogP contribution is -2.26. The van der Waals surface area contributed by atoms with Gasteiger partial charge in [-0.15, -0.1) is 0 Å². The van der Waals surface area contributed by atoms with Gasteiger partial charge in [-0.25, -0.2) is 0 Å². The van der Waals surface area contributed by atoms with Crippen LogP contribution in [0.2, 0.25) is 0 Å². The van der Waals surface area contributed by atoms with Crippen LogP contribution in [0.1, 0.15) is 21.7 Å². The number of amides is 1. The van der Waals surface area contributed by atoms with Gasteiger partial charge in [0.25, 0.3) is 5.91 Å². The van der Waals surface area contributed by atoms with Crippen molar-refractivity contribution >= 4 is 28.7 Å². The molecule has 0 aliphatic carbocycles. The van der Waals surface area contributed by atoms with E-state index in [0.717, 1.165) is 22.2 Å². The van der Waals surface area contributed by atoms with Crippen molar-refractivity contribution in [3.05, 3.63) is 47.4 Å². The lowest BCUT2D eigenvalue weighted by atomic mass is 10.2. The second kappa shape index (κ2) is 5.05. The number of hydrogen-bond donors (Lipinski definition) is 0. The van der Waals surface area contributed by atoms with Crippen LogP contribution in [-0.2, 0) is 6.54 Å². The van der Waals surface area contributed by atoms with Crippen molar-refractivity contribution < 1.29 is 9.21 Å². The Balaban J connectivity index is 1.79. The Morgan fingerprint density at radius 3 is 2.85 bits per heavy atom. The van der Waals surface area contributed by atoms with Crippen molar-refractivity contribution in [2.24, 2.45) is 0 Å². The molecule has 0 saturated carbocycles. The number of rotatable bonds is 3. The van der Waals surface area contributed by atoms with E-state index >= 15 is 0 Å². The fraction of sp³-hybridized carbons (Fsp3) is 0.214. The summed E-state index contributed by atoms with van der Waals surface area (Å²) < 4.78 is 13.6. The first-order valence-electron chi connectivity index (χ1n) is 6.16. The first-order chi connectivity index (χ1) is 9.65. The van der Waals surface area contributed by atoms with Gasteiger partial charge in [-0.05, 0) is 30.7 Å². The van der Waals surface area contributed by atoms with Crippen LogP contribution in [0, 0.1) is 6.92 Å². The van der Waals surface area contributed by atoms with Crippen LogP contribution in [0.5, 0.6) is 0 Å². The molecule has 2 heterocycles. The molecule has 0 spiro atoms. The van der Waals surface area contributed by atoms with Crippen LogP contribution in [0.4, 0.5) is 0 Å². The highest BCUT2D eigenvalue weighted by atomic mass is 32.1. The van der Waals surface area contributed by atoms with E-state index in [1.165, 1.54) is 18.0 Å². The van der Waals surface area contributed by atoms with E-state index in [1.54, 1.807) is 18.0 Å².